The van der Waals surface area contributed by atoms with E-state index in [0.29, 0.717) is 6.54 Å². The Morgan fingerprint density at radius 2 is 1.95 bits per heavy atom. The van der Waals surface area contributed by atoms with E-state index < -0.39 is 5.97 Å². The van der Waals surface area contributed by atoms with Gasteiger partial charge in [-0.2, -0.15) is 0 Å². The Kier molecular flexibility index (Phi) is 8.35. The summed E-state index contributed by atoms with van der Waals surface area (Å²) in [5, 5.41) is 15.4. The van der Waals surface area contributed by atoms with Crippen LogP contribution >= 0.6 is 0 Å². The summed E-state index contributed by atoms with van der Waals surface area (Å²) >= 11 is 0. The summed E-state index contributed by atoms with van der Waals surface area (Å²) in [6.07, 6.45) is 7.08. The van der Waals surface area contributed by atoms with Crippen LogP contribution in [-0.4, -0.2) is 36.1 Å². The third-order valence-corrected chi connectivity index (χ3v) is 4.39. The second-order valence-electron chi connectivity index (χ2n) is 6.12. The molecule has 0 aliphatic heterocycles. The lowest BCUT2D eigenvalue weighted by molar-refractivity contribution is -0.144. The summed E-state index contributed by atoms with van der Waals surface area (Å²) in [6.45, 7) is 5.31. The summed E-state index contributed by atoms with van der Waals surface area (Å²) < 4.78 is 0. The van der Waals surface area contributed by atoms with Crippen molar-refractivity contribution >= 4 is 11.9 Å². The highest BCUT2D eigenvalue weighted by molar-refractivity contribution is 5.81. The minimum absolute atomic E-state index is 0.00814. The Balaban J connectivity index is 2.28. The largest absolute Gasteiger partial charge is 0.481 e. The van der Waals surface area contributed by atoms with Gasteiger partial charge in [-0.1, -0.05) is 32.6 Å². The number of carbonyl (C=O) groups is 2. The van der Waals surface area contributed by atoms with Crippen molar-refractivity contribution < 1.29 is 14.7 Å². The molecule has 0 bridgehead atoms. The van der Waals surface area contributed by atoms with Gasteiger partial charge in [-0.25, -0.2) is 0 Å². The van der Waals surface area contributed by atoms with Crippen LogP contribution in [0.25, 0.3) is 0 Å². The van der Waals surface area contributed by atoms with Gasteiger partial charge in [0.15, 0.2) is 0 Å². The molecule has 122 valence electrons. The van der Waals surface area contributed by atoms with Gasteiger partial charge in [0, 0.05) is 6.54 Å². The molecule has 1 fully saturated rings. The van der Waals surface area contributed by atoms with Crippen molar-refractivity contribution in [3.8, 4) is 0 Å². The Morgan fingerprint density at radius 1 is 1.24 bits per heavy atom. The maximum Gasteiger partial charge on any atom is 0.306 e. The summed E-state index contributed by atoms with van der Waals surface area (Å²) in [7, 11) is 0. The number of amides is 1. The molecular formula is C16H30N2O3. The highest BCUT2D eigenvalue weighted by Crippen LogP contribution is 2.29. The molecule has 5 nitrogen and oxygen atoms in total. The van der Waals surface area contributed by atoms with Crippen LogP contribution in [0, 0.1) is 11.8 Å². The van der Waals surface area contributed by atoms with Gasteiger partial charge in [-0.15, -0.1) is 0 Å². The van der Waals surface area contributed by atoms with Crippen molar-refractivity contribution in [2.75, 3.05) is 13.1 Å². The SMILES string of the molecule is CCCCCNC(=O)C(C)NCC1CCCCC1C(=O)O. The zero-order valence-electron chi connectivity index (χ0n) is 13.4. The maximum atomic E-state index is 11.9. The maximum absolute atomic E-state index is 11.9. The lowest BCUT2D eigenvalue weighted by Crippen LogP contribution is -2.45. The van der Waals surface area contributed by atoms with E-state index in [9.17, 15) is 14.7 Å². The Labute approximate surface area is 127 Å². The third kappa shape index (κ3) is 6.46. The molecule has 1 aliphatic rings. The summed E-state index contributed by atoms with van der Waals surface area (Å²) in [4.78, 5) is 23.1. The van der Waals surface area contributed by atoms with Crippen molar-refractivity contribution in [2.24, 2.45) is 11.8 Å². The second kappa shape index (κ2) is 9.77. The van der Waals surface area contributed by atoms with Crippen LogP contribution in [0.4, 0.5) is 0 Å². The Hall–Kier alpha value is -1.10. The van der Waals surface area contributed by atoms with E-state index in [1.807, 2.05) is 6.92 Å². The average molecular weight is 298 g/mol. The zero-order chi connectivity index (χ0) is 15.7. The van der Waals surface area contributed by atoms with Gasteiger partial charge >= 0.3 is 5.97 Å². The van der Waals surface area contributed by atoms with Crippen LogP contribution in [0.3, 0.4) is 0 Å². The molecule has 3 unspecified atom stereocenters. The molecule has 3 N–H and O–H groups in total. The highest BCUT2D eigenvalue weighted by Gasteiger charge is 2.30. The molecular weight excluding hydrogens is 268 g/mol. The lowest BCUT2D eigenvalue weighted by Gasteiger charge is -2.29. The topological polar surface area (TPSA) is 78.4 Å². The molecule has 0 spiro atoms. The number of carboxylic acids is 1. The molecule has 1 rings (SSSR count). The monoisotopic (exact) mass is 298 g/mol. The van der Waals surface area contributed by atoms with Crippen molar-refractivity contribution in [1.29, 1.82) is 0 Å². The van der Waals surface area contributed by atoms with Crippen molar-refractivity contribution in [1.82, 2.24) is 10.6 Å². The minimum atomic E-state index is -0.696. The first-order valence-corrected chi connectivity index (χ1v) is 8.30. The third-order valence-electron chi connectivity index (χ3n) is 4.39. The van der Waals surface area contributed by atoms with E-state index >= 15 is 0 Å². The molecule has 5 heteroatoms. The van der Waals surface area contributed by atoms with E-state index in [2.05, 4.69) is 17.6 Å². The quantitative estimate of drug-likeness (QED) is 0.570. The molecule has 1 saturated carbocycles. The second-order valence-corrected chi connectivity index (χ2v) is 6.12. The van der Waals surface area contributed by atoms with Crippen molar-refractivity contribution in [2.45, 2.75) is 64.8 Å². The van der Waals surface area contributed by atoms with Crippen LogP contribution in [0.5, 0.6) is 0 Å². The lowest BCUT2D eigenvalue weighted by atomic mass is 9.79. The molecule has 3 atom stereocenters. The number of unbranched alkanes of at least 4 members (excludes halogenated alkanes) is 2. The molecule has 0 saturated heterocycles. The van der Waals surface area contributed by atoms with Crippen LogP contribution in [-0.2, 0) is 9.59 Å². The van der Waals surface area contributed by atoms with Crippen molar-refractivity contribution in [3.63, 3.8) is 0 Å². The van der Waals surface area contributed by atoms with E-state index in [1.165, 1.54) is 0 Å². The zero-order valence-corrected chi connectivity index (χ0v) is 13.4. The molecule has 0 aromatic rings. The molecule has 0 aromatic carbocycles. The predicted octanol–water partition coefficient (Wildman–Crippen LogP) is 2.16. The van der Waals surface area contributed by atoms with Crippen molar-refractivity contribution in [3.05, 3.63) is 0 Å². The average Bonchev–Trinajstić information content (AvgIpc) is 2.49. The fourth-order valence-electron chi connectivity index (χ4n) is 2.94. The van der Waals surface area contributed by atoms with Crippen LogP contribution in [0.1, 0.15) is 58.8 Å². The standard InChI is InChI=1S/C16H30N2O3/c1-3-4-7-10-17-15(19)12(2)18-11-13-8-5-6-9-14(13)16(20)21/h12-14,18H,3-11H2,1-2H3,(H,17,19)(H,20,21). The van der Waals surface area contributed by atoms with Gasteiger partial charge in [0.25, 0.3) is 0 Å². The first kappa shape index (κ1) is 18.0. The fourth-order valence-corrected chi connectivity index (χ4v) is 2.94. The van der Waals surface area contributed by atoms with Gasteiger partial charge in [0.05, 0.1) is 12.0 Å². The van der Waals surface area contributed by atoms with Gasteiger partial charge in [-0.05, 0) is 38.6 Å². The van der Waals surface area contributed by atoms with Crippen LogP contribution in [0.2, 0.25) is 0 Å². The first-order chi connectivity index (χ1) is 10.1. The fraction of sp³-hybridized carbons (Fsp3) is 0.875. The molecule has 0 aromatic heterocycles. The van der Waals surface area contributed by atoms with E-state index in [4.69, 9.17) is 0 Å². The number of hydrogen-bond acceptors (Lipinski definition) is 3. The molecule has 0 radical (unpaired) electrons. The van der Waals surface area contributed by atoms with E-state index in [-0.39, 0.29) is 23.8 Å². The number of hydrogen-bond donors (Lipinski definition) is 3. The van der Waals surface area contributed by atoms with Gasteiger partial charge < -0.3 is 15.7 Å². The summed E-state index contributed by atoms with van der Waals surface area (Å²) in [5.41, 5.74) is 0. The van der Waals surface area contributed by atoms with E-state index in [0.717, 1.165) is 51.5 Å². The minimum Gasteiger partial charge on any atom is -0.481 e. The number of carbonyl (C=O) groups excluding carboxylic acids is 1. The number of aliphatic carboxylic acids is 1. The molecule has 21 heavy (non-hydrogen) atoms. The Bertz CT molecular complexity index is 333. The smallest absolute Gasteiger partial charge is 0.306 e. The van der Waals surface area contributed by atoms with E-state index in [1.54, 1.807) is 0 Å². The van der Waals surface area contributed by atoms with Crippen LogP contribution < -0.4 is 10.6 Å². The molecule has 1 amide bonds. The van der Waals surface area contributed by atoms with Gasteiger partial charge in [-0.3, -0.25) is 9.59 Å². The van der Waals surface area contributed by atoms with Gasteiger partial charge in [0.2, 0.25) is 5.91 Å². The Morgan fingerprint density at radius 3 is 2.62 bits per heavy atom. The molecule has 0 heterocycles. The number of carboxylic acid groups (broad SMARTS) is 1. The van der Waals surface area contributed by atoms with Gasteiger partial charge in [0.1, 0.15) is 0 Å². The highest BCUT2D eigenvalue weighted by atomic mass is 16.4. The summed E-state index contributed by atoms with van der Waals surface area (Å²) in [6, 6.07) is -0.261. The first-order valence-electron chi connectivity index (χ1n) is 8.30. The number of rotatable bonds is 9. The predicted molar refractivity (Wildman–Crippen MR) is 83.1 cm³/mol. The number of nitrogens with one attached hydrogen (secondary N) is 2. The molecule has 1 aliphatic carbocycles. The normalized spacial score (nSPS) is 23.5. The summed E-state index contributed by atoms with van der Waals surface area (Å²) in [5.74, 6) is -0.801. The van der Waals surface area contributed by atoms with Crippen LogP contribution in [0.15, 0.2) is 0 Å².